The SMILES string of the molecule is CC(C)Cc1ccc(-c2ccc(Cc3nc(-c4ccc(Cl)cc4Cl)cn3-c3ccc(N4CC(=O)NS4(=O)=O)cc3)cc2)cc1NC(=O)OC(C)C. The van der Waals surface area contributed by atoms with Gasteiger partial charge in [0.15, 0.2) is 0 Å². The smallest absolute Gasteiger partial charge is 0.411 e. The quantitative estimate of drug-likeness (QED) is 0.148. The first-order valence-electron chi connectivity index (χ1n) is 16.4. The monoisotopic (exact) mass is 745 g/mol. The normalized spacial score (nSPS) is 13.9. The number of ether oxygens (including phenoxy) is 1. The molecular weight excluding hydrogens is 709 g/mol. The summed E-state index contributed by atoms with van der Waals surface area (Å²) in [5, 5.41) is 3.90. The number of nitrogens with one attached hydrogen (secondary N) is 2. The van der Waals surface area contributed by atoms with E-state index in [9.17, 15) is 18.0 Å². The van der Waals surface area contributed by atoms with Crippen LogP contribution in [0.4, 0.5) is 16.2 Å². The number of rotatable bonds is 10. The number of imidazole rings is 1. The molecule has 0 saturated carbocycles. The topological polar surface area (TPSA) is 123 Å². The fourth-order valence-electron chi connectivity index (χ4n) is 5.89. The molecule has 1 aromatic heterocycles. The van der Waals surface area contributed by atoms with Crippen molar-refractivity contribution in [1.82, 2.24) is 14.3 Å². The van der Waals surface area contributed by atoms with Crippen LogP contribution in [0.1, 0.15) is 44.6 Å². The second-order valence-corrected chi connectivity index (χ2v) is 15.5. The number of anilines is 2. The largest absolute Gasteiger partial charge is 0.447 e. The zero-order chi connectivity index (χ0) is 36.4. The highest BCUT2D eigenvalue weighted by Gasteiger charge is 2.34. The van der Waals surface area contributed by atoms with E-state index in [1.165, 1.54) is 0 Å². The zero-order valence-corrected chi connectivity index (χ0v) is 30.8. The number of carbonyl (C=O) groups is 2. The van der Waals surface area contributed by atoms with Crippen molar-refractivity contribution in [3.63, 3.8) is 0 Å². The predicted octanol–water partition coefficient (Wildman–Crippen LogP) is 8.44. The summed E-state index contributed by atoms with van der Waals surface area (Å²) >= 11 is 12.7. The van der Waals surface area contributed by atoms with Crippen LogP contribution in [0.15, 0.2) is 91.1 Å². The Morgan fingerprint density at radius 1 is 0.922 bits per heavy atom. The Morgan fingerprint density at radius 3 is 2.24 bits per heavy atom. The molecule has 0 atom stereocenters. The molecule has 0 radical (unpaired) electrons. The van der Waals surface area contributed by atoms with Gasteiger partial charge in [-0.3, -0.25) is 10.1 Å². The maximum atomic E-state index is 12.5. The van der Waals surface area contributed by atoms with Gasteiger partial charge in [0.1, 0.15) is 12.4 Å². The maximum absolute atomic E-state index is 12.5. The molecule has 10 nitrogen and oxygen atoms in total. The fourth-order valence-corrected chi connectivity index (χ4v) is 7.55. The lowest BCUT2D eigenvalue weighted by Crippen LogP contribution is -2.29. The van der Waals surface area contributed by atoms with E-state index >= 15 is 0 Å². The van der Waals surface area contributed by atoms with E-state index in [2.05, 4.69) is 25.2 Å². The van der Waals surface area contributed by atoms with E-state index < -0.39 is 22.2 Å². The molecule has 0 aliphatic carbocycles. The van der Waals surface area contributed by atoms with Gasteiger partial charge in [0.05, 0.1) is 22.5 Å². The van der Waals surface area contributed by atoms with Crippen LogP contribution in [0.5, 0.6) is 0 Å². The van der Waals surface area contributed by atoms with Gasteiger partial charge in [0, 0.05) is 34.6 Å². The van der Waals surface area contributed by atoms with E-state index in [0.717, 1.165) is 50.2 Å². The molecule has 264 valence electrons. The second kappa shape index (κ2) is 14.8. The van der Waals surface area contributed by atoms with E-state index in [1.807, 2.05) is 71.8 Å². The minimum absolute atomic E-state index is 0.235. The van der Waals surface area contributed by atoms with Crippen molar-refractivity contribution in [3.8, 4) is 28.1 Å². The summed E-state index contributed by atoms with van der Waals surface area (Å²) in [5.41, 5.74) is 7.14. The summed E-state index contributed by atoms with van der Waals surface area (Å²) < 4.78 is 35.1. The molecule has 13 heteroatoms. The summed E-state index contributed by atoms with van der Waals surface area (Å²) in [5.74, 6) is 0.538. The summed E-state index contributed by atoms with van der Waals surface area (Å²) in [6, 6.07) is 26.3. The first kappa shape index (κ1) is 36.0. The van der Waals surface area contributed by atoms with E-state index in [0.29, 0.717) is 39.3 Å². The average molecular weight is 747 g/mol. The van der Waals surface area contributed by atoms with Crippen LogP contribution in [0.3, 0.4) is 0 Å². The molecule has 0 spiro atoms. The predicted molar refractivity (Wildman–Crippen MR) is 202 cm³/mol. The van der Waals surface area contributed by atoms with Crippen LogP contribution in [0.25, 0.3) is 28.1 Å². The molecule has 1 aliphatic rings. The lowest BCUT2D eigenvalue weighted by atomic mass is 9.96. The molecule has 0 bridgehead atoms. The van der Waals surface area contributed by atoms with Crippen LogP contribution in [0.2, 0.25) is 10.0 Å². The highest BCUT2D eigenvalue weighted by atomic mass is 35.5. The maximum Gasteiger partial charge on any atom is 0.411 e. The number of carbonyl (C=O) groups excluding carboxylic acids is 2. The number of hydrogen-bond donors (Lipinski definition) is 2. The fraction of sp³-hybridized carbons (Fsp3) is 0.237. The number of amides is 2. The van der Waals surface area contributed by atoms with Crippen LogP contribution < -0.4 is 14.3 Å². The number of halogens is 2. The summed E-state index contributed by atoms with van der Waals surface area (Å²) in [7, 11) is -3.93. The van der Waals surface area contributed by atoms with Gasteiger partial charge in [-0.15, -0.1) is 0 Å². The van der Waals surface area contributed by atoms with Gasteiger partial charge in [0.25, 0.3) is 5.91 Å². The van der Waals surface area contributed by atoms with E-state index in [4.69, 9.17) is 32.9 Å². The van der Waals surface area contributed by atoms with Crippen molar-refractivity contribution >= 4 is 56.8 Å². The van der Waals surface area contributed by atoms with Crippen molar-refractivity contribution in [2.45, 2.75) is 46.6 Å². The molecule has 2 heterocycles. The minimum Gasteiger partial charge on any atom is -0.447 e. The molecule has 2 N–H and O–H groups in total. The third-order valence-corrected chi connectivity index (χ3v) is 10.1. The van der Waals surface area contributed by atoms with Gasteiger partial charge in [-0.2, -0.15) is 8.42 Å². The number of aromatic nitrogens is 2. The Balaban J connectivity index is 1.30. The van der Waals surface area contributed by atoms with Crippen molar-refractivity contribution < 1.29 is 22.7 Å². The second-order valence-electron chi connectivity index (χ2n) is 13.0. The van der Waals surface area contributed by atoms with Crippen LogP contribution in [-0.2, 0) is 32.6 Å². The molecule has 0 unspecified atom stereocenters. The van der Waals surface area contributed by atoms with Crippen LogP contribution in [-0.4, -0.2) is 42.6 Å². The van der Waals surface area contributed by atoms with Crippen molar-refractivity contribution in [2.24, 2.45) is 5.92 Å². The number of benzene rings is 4. The minimum atomic E-state index is -3.93. The standard InChI is InChI=1S/C38H37Cl2N5O5S/c1-23(2)17-28-10-9-27(19-34(28)42-38(47)50-24(3)4)26-7-5-25(6-8-26)18-36-41-35(32-16-11-29(39)20-33(32)40)21-44(36)30-12-14-31(15-13-30)45-22-37(46)43-51(45,48)49/h5-16,19-21,23-24H,17-18,22H2,1-4H3,(H,42,47)(H,43,46). The molecule has 1 saturated heterocycles. The van der Waals surface area contributed by atoms with E-state index in [1.54, 1.807) is 36.4 Å². The van der Waals surface area contributed by atoms with Crippen molar-refractivity contribution in [1.29, 1.82) is 0 Å². The lowest BCUT2D eigenvalue weighted by Gasteiger charge is -2.16. The first-order chi connectivity index (χ1) is 24.3. The summed E-state index contributed by atoms with van der Waals surface area (Å²) in [6.07, 6.45) is 2.43. The van der Waals surface area contributed by atoms with Crippen LogP contribution >= 0.6 is 23.2 Å². The van der Waals surface area contributed by atoms with Crippen molar-refractivity contribution in [2.75, 3.05) is 16.2 Å². The summed E-state index contributed by atoms with van der Waals surface area (Å²) in [6.45, 7) is 7.62. The van der Waals surface area contributed by atoms with Crippen molar-refractivity contribution in [3.05, 3.63) is 118 Å². The number of nitrogens with zero attached hydrogens (tertiary/aromatic N) is 3. The van der Waals surface area contributed by atoms with Gasteiger partial charge < -0.3 is 9.30 Å². The molecule has 5 aromatic rings. The zero-order valence-electron chi connectivity index (χ0n) is 28.5. The van der Waals surface area contributed by atoms with E-state index in [-0.39, 0.29) is 12.6 Å². The third-order valence-electron chi connectivity index (χ3n) is 8.19. The Hall–Kier alpha value is -4.84. The van der Waals surface area contributed by atoms with Gasteiger partial charge in [-0.1, -0.05) is 73.4 Å². The molecule has 2 amide bonds. The lowest BCUT2D eigenvalue weighted by molar-refractivity contribution is -0.117. The third kappa shape index (κ3) is 8.39. The molecule has 1 aliphatic heterocycles. The summed E-state index contributed by atoms with van der Waals surface area (Å²) in [4.78, 5) is 29.3. The molecular formula is C38H37Cl2N5O5S. The highest BCUT2D eigenvalue weighted by Crippen LogP contribution is 2.33. The molecule has 4 aromatic carbocycles. The first-order valence-corrected chi connectivity index (χ1v) is 18.6. The highest BCUT2D eigenvalue weighted by molar-refractivity contribution is 7.92. The molecule has 51 heavy (non-hydrogen) atoms. The average Bonchev–Trinajstić information content (AvgIpc) is 3.60. The molecule has 1 fully saturated rings. The Labute approximate surface area is 307 Å². The van der Waals surface area contributed by atoms with Gasteiger partial charge >= 0.3 is 16.3 Å². The van der Waals surface area contributed by atoms with Gasteiger partial charge in [-0.25, -0.2) is 18.8 Å². The van der Waals surface area contributed by atoms with Gasteiger partial charge in [-0.05, 0) is 97.0 Å². The van der Waals surface area contributed by atoms with Crippen LogP contribution in [0, 0.1) is 5.92 Å². The number of hydrogen-bond acceptors (Lipinski definition) is 6. The Bertz CT molecular complexity index is 2200. The Kier molecular flexibility index (Phi) is 10.4. The molecule has 6 rings (SSSR count). The Morgan fingerprint density at radius 2 is 1.61 bits per heavy atom. The van der Waals surface area contributed by atoms with Gasteiger partial charge in [0.2, 0.25) is 0 Å².